The molecule has 0 spiro atoms. The smallest absolute Gasteiger partial charge is 0.256 e. The lowest BCUT2D eigenvalue weighted by Crippen LogP contribution is -2.50. The van der Waals surface area contributed by atoms with Crippen LogP contribution in [0.4, 0.5) is 5.69 Å². The zero-order valence-electron chi connectivity index (χ0n) is 15.8. The SMILES string of the molecule is C=C1C[C@H]2[C@H](OC3CCCCO3)N(C)c3cc(O)c(OC)cc3C(=O)N2C1. The Bertz CT molecular complexity index is 759. The van der Waals surface area contributed by atoms with Gasteiger partial charge >= 0.3 is 0 Å². The molecule has 0 aromatic heterocycles. The molecule has 1 unspecified atom stereocenters. The van der Waals surface area contributed by atoms with Gasteiger partial charge in [0.15, 0.2) is 24.0 Å². The molecule has 1 aromatic rings. The number of likely N-dealkylation sites (N-methyl/N-ethyl adjacent to an activating group) is 1. The third-order valence-corrected chi connectivity index (χ3v) is 5.60. The molecule has 1 aromatic carbocycles. The van der Waals surface area contributed by atoms with E-state index in [1.165, 1.54) is 7.11 Å². The Morgan fingerprint density at radius 3 is 2.85 bits per heavy atom. The van der Waals surface area contributed by atoms with E-state index in [2.05, 4.69) is 6.58 Å². The molecule has 1 amide bonds. The molecule has 1 N–H and O–H groups in total. The van der Waals surface area contributed by atoms with Crippen LogP contribution in [0.25, 0.3) is 0 Å². The Morgan fingerprint density at radius 1 is 1.33 bits per heavy atom. The average Bonchev–Trinajstić information content (AvgIpc) is 3.04. The number of amides is 1. The topological polar surface area (TPSA) is 71.5 Å². The molecule has 7 nitrogen and oxygen atoms in total. The summed E-state index contributed by atoms with van der Waals surface area (Å²) in [6, 6.07) is 3.02. The summed E-state index contributed by atoms with van der Waals surface area (Å²) in [5, 5.41) is 10.3. The summed E-state index contributed by atoms with van der Waals surface area (Å²) < 4.78 is 17.3. The van der Waals surface area contributed by atoms with E-state index in [4.69, 9.17) is 14.2 Å². The zero-order chi connectivity index (χ0) is 19.1. The average molecular weight is 374 g/mol. The van der Waals surface area contributed by atoms with Gasteiger partial charge in [-0.1, -0.05) is 12.2 Å². The highest BCUT2D eigenvalue weighted by Gasteiger charge is 2.45. The fourth-order valence-corrected chi connectivity index (χ4v) is 4.20. The number of phenols is 1. The zero-order valence-corrected chi connectivity index (χ0v) is 15.8. The largest absolute Gasteiger partial charge is 0.504 e. The monoisotopic (exact) mass is 374 g/mol. The number of benzene rings is 1. The molecule has 0 aliphatic carbocycles. The van der Waals surface area contributed by atoms with Crippen molar-refractivity contribution in [3.05, 3.63) is 29.8 Å². The summed E-state index contributed by atoms with van der Waals surface area (Å²) in [4.78, 5) is 17.0. The van der Waals surface area contributed by atoms with Gasteiger partial charge in [-0.2, -0.15) is 0 Å². The van der Waals surface area contributed by atoms with Crippen LogP contribution in [0, 0.1) is 0 Å². The number of methoxy groups -OCH3 is 1. The van der Waals surface area contributed by atoms with Crippen molar-refractivity contribution in [1.82, 2.24) is 4.90 Å². The third kappa shape index (κ3) is 3.15. The van der Waals surface area contributed by atoms with Crippen molar-refractivity contribution in [2.75, 3.05) is 32.2 Å². The normalized spacial score (nSPS) is 28.0. The maximum atomic E-state index is 13.3. The Labute approximate surface area is 159 Å². The van der Waals surface area contributed by atoms with E-state index in [0.29, 0.717) is 30.8 Å². The number of carbonyl (C=O) groups excluding carboxylic acids is 1. The molecular formula is C20H26N2O5. The van der Waals surface area contributed by atoms with Gasteiger partial charge in [0.1, 0.15) is 0 Å². The van der Waals surface area contributed by atoms with Crippen LogP contribution in [0.5, 0.6) is 11.5 Å². The van der Waals surface area contributed by atoms with Gasteiger partial charge in [-0.15, -0.1) is 0 Å². The van der Waals surface area contributed by atoms with E-state index < -0.39 is 0 Å². The van der Waals surface area contributed by atoms with Gasteiger partial charge in [-0.05, 0) is 31.7 Å². The van der Waals surface area contributed by atoms with Crippen molar-refractivity contribution < 1.29 is 24.1 Å². The number of phenolic OH excluding ortho intramolecular Hbond substituents is 1. The van der Waals surface area contributed by atoms with Crippen molar-refractivity contribution in [2.45, 2.75) is 44.2 Å². The van der Waals surface area contributed by atoms with Crippen molar-refractivity contribution in [3.8, 4) is 11.5 Å². The van der Waals surface area contributed by atoms with Crippen LogP contribution in [0.15, 0.2) is 24.3 Å². The molecule has 2 fully saturated rings. The first kappa shape index (κ1) is 18.1. The Balaban J connectivity index is 1.75. The first-order valence-electron chi connectivity index (χ1n) is 9.38. The van der Waals surface area contributed by atoms with E-state index in [9.17, 15) is 9.90 Å². The molecule has 27 heavy (non-hydrogen) atoms. The minimum absolute atomic E-state index is 0.00460. The summed E-state index contributed by atoms with van der Waals surface area (Å²) in [6.45, 7) is 5.29. The quantitative estimate of drug-likeness (QED) is 0.820. The van der Waals surface area contributed by atoms with E-state index in [0.717, 1.165) is 24.8 Å². The number of nitrogens with zero attached hydrogens (tertiary/aromatic N) is 2. The Morgan fingerprint density at radius 2 is 2.15 bits per heavy atom. The van der Waals surface area contributed by atoms with Gasteiger partial charge in [0.2, 0.25) is 0 Å². The first-order valence-corrected chi connectivity index (χ1v) is 9.38. The highest BCUT2D eigenvalue weighted by atomic mass is 16.7. The molecule has 3 aliphatic heterocycles. The maximum absolute atomic E-state index is 13.3. The highest BCUT2D eigenvalue weighted by molar-refractivity contribution is 6.02. The molecular weight excluding hydrogens is 348 g/mol. The van der Waals surface area contributed by atoms with Gasteiger partial charge in [0.25, 0.3) is 5.91 Å². The highest BCUT2D eigenvalue weighted by Crippen LogP contribution is 2.41. The molecule has 0 bridgehead atoms. The summed E-state index contributed by atoms with van der Waals surface area (Å²) in [7, 11) is 3.36. The van der Waals surface area contributed by atoms with Gasteiger partial charge in [-0.25, -0.2) is 0 Å². The fourth-order valence-electron chi connectivity index (χ4n) is 4.20. The van der Waals surface area contributed by atoms with Gasteiger partial charge in [0.05, 0.1) is 24.4 Å². The minimum atomic E-state index is -0.384. The molecule has 3 atom stereocenters. The van der Waals surface area contributed by atoms with Crippen LogP contribution in [-0.4, -0.2) is 61.8 Å². The van der Waals surface area contributed by atoms with Crippen LogP contribution < -0.4 is 9.64 Å². The number of hydrogen-bond acceptors (Lipinski definition) is 6. The molecule has 0 saturated carbocycles. The van der Waals surface area contributed by atoms with Gasteiger partial charge in [0, 0.05) is 26.3 Å². The van der Waals surface area contributed by atoms with E-state index >= 15 is 0 Å². The lowest BCUT2D eigenvalue weighted by molar-refractivity contribution is -0.195. The maximum Gasteiger partial charge on any atom is 0.256 e. The van der Waals surface area contributed by atoms with Gasteiger partial charge in [-0.3, -0.25) is 4.79 Å². The number of ether oxygens (including phenoxy) is 3. The molecule has 7 heteroatoms. The lowest BCUT2D eigenvalue weighted by atomic mass is 10.1. The van der Waals surface area contributed by atoms with Crippen LogP contribution in [0.2, 0.25) is 0 Å². The number of carbonyl (C=O) groups is 1. The first-order chi connectivity index (χ1) is 13.0. The van der Waals surface area contributed by atoms with Crippen LogP contribution in [0.3, 0.4) is 0 Å². The number of fused-ring (bicyclic) bond motifs is 2. The summed E-state index contributed by atoms with van der Waals surface area (Å²) >= 11 is 0. The summed E-state index contributed by atoms with van der Waals surface area (Å²) in [6.07, 6.45) is 2.96. The fraction of sp³-hybridized carbons (Fsp3) is 0.550. The van der Waals surface area contributed by atoms with E-state index in [-0.39, 0.29) is 36.0 Å². The third-order valence-electron chi connectivity index (χ3n) is 5.60. The number of rotatable bonds is 3. The molecule has 0 radical (unpaired) electrons. The Kier molecular flexibility index (Phi) is 4.74. The number of anilines is 1. The molecule has 146 valence electrons. The molecule has 2 saturated heterocycles. The van der Waals surface area contributed by atoms with E-state index in [1.54, 1.807) is 12.1 Å². The van der Waals surface area contributed by atoms with Gasteiger partial charge < -0.3 is 29.1 Å². The summed E-state index contributed by atoms with van der Waals surface area (Å²) in [5.41, 5.74) is 2.12. The standard InChI is InChI=1S/C20H26N2O5/c1-12-8-15-20(27-18-6-4-5-7-26-18)21(2)14-10-16(23)17(25-3)9-13(14)19(24)22(15)11-12/h9-10,15,18,20,23H,1,4-8,11H2,2-3H3/t15-,18?,20-/m0/s1. The molecule has 3 aliphatic rings. The Hall–Kier alpha value is -2.25. The predicted molar refractivity (Wildman–Crippen MR) is 100 cm³/mol. The van der Waals surface area contributed by atoms with Crippen LogP contribution >= 0.6 is 0 Å². The van der Waals surface area contributed by atoms with Crippen molar-refractivity contribution >= 4 is 11.6 Å². The molecule has 4 rings (SSSR count). The number of hydrogen-bond donors (Lipinski definition) is 1. The second-order valence-electron chi connectivity index (χ2n) is 7.43. The van der Waals surface area contributed by atoms with Crippen molar-refractivity contribution in [2.24, 2.45) is 0 Å². The van der Waals surface area contributed by atoms with Crippen molar-refractivity contribution in [3.63, 3.8) is 0 Å². The minimum Gasteiger partial charge on any atom is -0.504 e. The summed E-state index contributed by atoms with van der Waals surface area (Å²) in [5.74, 6) is 0.171. The molecule has 3 heterocycles. The van der Waals surface area contributed by atoms with Crippen LogP contribution in [-0.2, 0) is 9.47 Å². The second kappa shape index (κ2) is 7.05. The van der Waals surface area contributed by atoms with E-state index in [1.807, 2.05) is 16.8 Å². The van der Waals surface area contributed by atoms with Crippen molar-refractivity contribution in [1.29, 1.82) is 0 Å². The number of aromatic hydroxyl groups is 1. The predicted octanol–water partition coefficient (Wildman–Crippen LogP) is 2.49. The lowest BCUT2D eigenvalue weighted by Gasteiger charge is -2.37. The second-order valence-corrected chi connectivity index (χ2v) is 7.43. The van der Waals surface area contributed by atoms with Crippen LogP contribution in [0.1, 0.15) is 36.0 Å².